The van der Waals surface area contributed by atoms with Crippen molar-refractivity contribution in [2.75, 3.05) is 0 Å². The molecule has 16 heavy (non-hydrogen) atoms. The number of nitrogens with two attached hydrogens (primary N) is 1. The molecule has 0 spiro atoms. The van der Waals surface area contributed by atoms with Gasteiger partial charge in [-0.2, -0.15) is 0 Å². The number of hydrogen-bond acceptors (Lipinski definition) is 2. The molecule has 2 nitrogen and oxygen atoms in total. The topological polar surface area (TPSA) is 38.9 Å². The SMILES string of the molecule is Cc1cc2c(CC(C)(C)N)cccc2cn1. The summed E-state index contributed by atoms with van der Waals surface area (Å²) in [5.41, 5.74) is 8.26. The highest BCUT2D eigenvalue weighted by Gasteiger charge is 2.13. The van der Waals surface area contributed by atoms with E-state index in [0.29, 0.717) is 0 Å². The molecular formula is C14H18N2. The van der Waals surface area contributed by atoms with Crippen LogP contribution in [0.2, 0.25) is 0 Å². The van der Waals surface area contributed by atoms with Crippen LogP contribution in [0.15, 0.2) is 30.5 Å². The monoisotopic (exact) mass is 214 g/mol. The van der Waals surface area contributed by atoms with Crippen molar-refractivity contribution in [3.63, 3.8) is 0 Å². The van der Waals surface area contributed by atoms with Gasteiger partial charge < -0.3 is 5.73 Å². The molecule has 0 unspecified atom stereocenters. The van der Waals surface area contributed by atoms with E-state index in [1.54, 1.807) is 0 Å². The van der Waals surface area contributed by atoms with Crippen LogP contribution >= 0.6 is 0 Å². The van der Waals surface area contributed by atoms with Gasteiger partial charge in [0, 0.05) is 22.8 Å². The van der Waals surface area contributed by atoms with Gasteiger partial charge in [-0.3, -0.25) is 4.98 Å². The van der Waals surface area contributed by atoms with Crippen LogP contribution in [0.25, 0.3) is 10.8 Å². The maximum atomic E-state index is 6.08. The lowest BCUT2D eigenvalue weighted by molar-refractivity contribution is 0.518. The number of fused-ring (bicyclic) bond motifs is 1. The van der Waals surface area contributed by atoms with Gasteiger partial charge in [0.05, 0.1) is 0 Å². The summed E-state index contributed by atoms with van der Waals surface area (Å²) in [7, 11) is 0. The van der Waals surface area contributed by atoms with E-state index in [2.05, 4.69) is 43.1 Å². The van der Waals surface area contributed by atoms with Gasteiger partial charge in [-0.05, 0) is 44.2 Å². The van der Waals surface area contributed by atoms with Gasteiger partial charge in [-0.15, -0.1) is 0 Å². The Bertz CT molecular complexity index is 510. The van der Waals surface area contributed by atoms with Crippen LogP contribution in [0, 0.1) is 6.92 Å². The van der Waals surface area contributed by atoms with Crippen LogP contribution in [0.4, 0.5) is 0 Å². The first-order chi connectivity index (χ1) is 7.46. The van der Waals surface area contributed by atoms with Crippen molar-refractivity contribution in [1.29, 1.82) is 0 Å². The zero-order chi connectivity index (χ0) is 11.8. The summed E-state index contributed by atoms with van der Waals surface area (Å²) in [6.07, 6.45) is 2.81. The van der Waals surface area contributed by atoms with E-state index in [-0.39, 0.29) is 5.54 Å². The Balaban J connectivity index is 2.56. The van der Waals surface area contributed by atoms with Crippen molar-refractivity contribution in [1.82, 2.24) is 4.98 Å². The Hall–Kier alpha value is -1.41. The zero-order valence-corrected chi connectivity index (χ0v) is 10.1. The third kappa shape index (κ3) is 2.39. The molecule has 2 N–H and O–H groups in total. The standard InChI is InChI=1S/C14H18N2/c1-10-7-13-11(8-14(2,3)15)5-4-6-12(13)9-16-10/h4-7,9H,8,15H2,1-3H3. The summed E-state index contributed by atoms with van der Waals surface area (Å²) in [4.78, 5) is 4.31. The number of nitrogens with zero attached hydrogens (tertiary/aromatic N) is 1. The largest absolute Gasteiger partial charge is 0.325 e. The molecule has 1 aromatic carbocycles. The quantitative estimate of drug-likeness (QED) is 0.835. The second-order valence-electron chi connectivity index (χ2n) is 5.13. The highest BCUT2D eigenvalue weighted by molar-refractivity contribution is 5.85. The maximum absolute atomic E-state index is 6.08. The van der Waals surface area contributed by atoms with Gasteiger partial charge in [0.15, 0.2) is 0 Å². The number of benzene rings is 1. The molecule has 0 radical (unpaired) electrons. The summed E-state index contributed by atoms with van der Waals surface area (Å²) in [5, 5.41) is 2.46. The maximum Gasteiger partial charge on any atom is 0.0379 e. The van der Waals surface area contributed by atoms with Gasteiger partial charge in [-0.25, -0.2) is 0 Å². The molecule has 2 aromatic rings. The Kier molecular flexibility index (Phi) is 2.68. The minimum atomic E-state index is -0.175. The van der Waals surface area contributed by atoms with E-state index in [1.807, 2.05) is 13.1 Å². The van der Waals surface area contributed by atoms with Crippen LogP contribution in [0.3, 0.4) is 0 Å². The van der Waals surface area contributed by atoms with Crippen molar-refractivity contribution in [2.45, 2.75) is 32.7 Å². The molecule has 0 saturated carbocycles. The minimum absolute atomic E-state index is 0.175. The van der Waals surface area contributed by atoms with Crippen molar-refractivity contribution >= 4 is 10.8 Å². The van der Waals surface area contributed by atoms with Crippen molar-refractivity contribution in [2.24, 2.45) is 5.73 Å². The number of aromatic nitrogens is 1. The summed E-state index contributed by atoms with van der Waals surface area (Å²) in [6, 6.07) is 8.45. The van der Waals surface area contributed by atoms with E-state index in [4.69, 9.17) is 5.73 Å². The summed E-state index contributed by atoms with van der Waals surface area (Å²) < 4.78 is 0. The van der Waals surface area contributed by atoms with E-state index in [1.165, 1.54) is 16.3 Å². The smallest absolute Gasteiger partial charge is 0.0379 e. The second kappa shape index (κ2) is 3.87. The van der Waals surface area contributed by atoms with Crippen LogP contribution in [0.1, 0.15) is 25.1 Å². The fourth-order valence-corrected chi connectivity index (χ4v) is 1.98. The molecule has 1 aromatic heterocycles. The molecule has 0 aliphatic heterocycles. The van der Waals surface area contributed by atoms with E-state index in [0.717, 1.165) is 12.1 Å². The van der Waals surface area contributed by atoms with Gasteiger partial charge in [0.1, 0.15) is 0 Å². The van der Waals surface area contributed by atoms with Gasteiger partial charge in [-0.1, -0.05) is 18.2 Å². The fourth-order valence-electron chi connectivity index (χ4n) is 1.98. The average Bonchev–Trinajstić information content (AvgIpc) is 2.17. The molecular weight excluding hydrogens is 196 g/mol. The number of hydrogen-bond donors (Lipinski definition) is 1. The molecule has 0 atom stereocenters. The van der Waals surface area contributed by atoms with E-state index < -0.39 is 0 Å². The summed E-state index contributed by atoms with van der Waals surface area (Å²) >= 11 is 0. The molecule has 2 heteroatoms. The molecule has 0 aliphatic rings. The van der Waals surface area contributed by atoms with Crippen LogP contribution < -0.4 is 5.73 Å². The number of rotatable bonds is 2. The predicted octanol–water partition coefficient (Wildman–Crippen LogP) is 2.82. The number of pyridine rings is 1. The predicted molar refractivity (Wildman–Crippen MR) is 68.5 cm³/mol. The molecule has 0 aliphatic carbocycles. The molecule has 0 amide bonds. The average molecular weight is 214 g/mol. The lowest BCUT2D eigenvalue weighted by atomic mass is 9.93. The highest BCUT2D eigenvalue weighted by atomic mass is 14.7. The molecule has 84 valence electrons. The molecule has 0 bridgehead atoms. The Morgan fingerprint density at radius 2 is 2.06 bits per heavy atom. The van der Waals surface area contributed by atoms with E-state index in [9.17, 15) is 0 Å². The third-order valence-electron chi connectivity index (χ3n) is 2.64. The minimum Gasteiger partial charge on any atom is -0.325 e. The van der Waals surface area contributed by atoms with Crippen LogP contribution in [0.5, 0.6) is 0 Å². The molecule has 0 saturated heterocycles. The van der Waals surface area contributed by atoms with Gasteiger partial charge >= 0.3 is 0 Å². The first-order valence-electron chi connectivity index (χ1n) is 5.59. The summed E-state index contributed by atoms with van der Waals surface area (Å²) in [5.74, 6) is 0. The first kappa shape index (κ1) is 11.1. The molecule has 1 heterocycles. The van der Waals surface area contributed by atoms with Gasteiger partial charge in [0.2, 0.25) is 0 Å². The number of aryl methyl sites for hydroxylation is 1. The zero-order valence-electron chi connectivity index (χ0n) is 10.1. The lowest BCUT2D eigenvalue weighted by Crippen LogP contribution is -2.34. The third-order valence-corrected chi connectivity index (χ3v) is 2.64. The normalized spacial score (nSPS) is 12.0. The van der Waals surface area contributed by atoms with Gasteiger partial charge in [0.25, 0.3) is 0 Å². The van der Waals surface area contributed by atoms with Crippen molar-refractivity contribution < 1.29 is 0 Å². The lowest BCUT2D eigenvalue weighted by Gasteiger charge is -2.19. The Morgan fingerprint density at radius 1 is 1.31 bits per heavy atom. The second-order valence-corrected chi connectivity index (χ2v) is 5.13. The van der Waals surface area contributed by atoms with Crippen LogP contribution in [-0.2, 0) is 6.42 Å². The van der Waals surface area contributed by atoms with Crippen molar-refractivity contribution in [3.05, 3.63) is 41.7 Å². The molecule has 2 rings (SSSR count). The van der Waals surface area contributed by atoms with Crippen molar-refractivity contribution in [3.8, 4) is 0 Å². The summed E-state index contributed by atoms with van der Waals surface area (Å²) in [6.45, 7) is 6.13. The fraction of sp³-hybridized carbons (Fsp3) is 0.357. The van der Waals surface area contributed by atoms with E-state index >= 15 is 0 Å². The Morgan fingerprint density at radius 3 is 2.75 bits per heavy atom. The molecule has 0 fully saturated rings. The highest BCUT2D eigenvalue weighted by Crippen LogP contribution is 2.22. The first-order valence-corrected chi connectivity index (χ1v) is 5.59. The Labute approximate surface area is 96.5 Å². The van der Waals surface area contributed by atoms with Crippen LogP contribution in [-0.4, -0.2) is 10.5 Å².